The van der Waals surface area contributed by atoms with Crippen molar-refractivity contribution in [2.24, 2.45) is 4.99 Å². The second-order valence-corrected chi connectivity index (χ2v) is 11.6. The summed E-state index contributed by atoms with van der Waals surface area (Å²) in [5.41, 5.74) is 9.00. The van der Waals surface area contributed by atoms with Crippen LogP contribution in [0.5, 0.6) is 11.5 Å². The fourth-order valence-corrected chi connectivity index (χ4v) is 7.05. The van der Waals surface area contributed by atoms with Gasteiger partial charge in [0.25, 0.3) is 0 Å². The van der Waals surface area contributed by atoms with Crippen molar-refractivity contribution in [1.82, 2.24) is 0 Å². The SMILES string of the molecule is CCOc1cc(C=Nc2cc3c4c(c2)C(c2ccccc2)CCN4CCC3c2ccccc2)cc(I)c1OCC. The molecule has 40 heavy (non-hydrogen) atoms. The molecule has 0 fully saturated rings. The molecule has 2 atom stereocenters. The molecule has 6 rings (SSSR count). The van der Waals surface area contributed by atoms with E-state index in [-0.39, 0.29) is 0 Å². The second kappa shape index (κ2) is 12.0. The Morgan fingerprint density at radius 1 is 0.800 bits per heavy atom. The molecule has 2 aliphatic heterocycles. The third-order valence-corrected chi connectivity index (χ3v) is 8.78. The van der Waals surface area contributed by atoms with E-state index in [4.69, 9.17) is 14.5 Å². The Labute approximate surface area is 251 Å². The van der Waals surface area contributed by atoms with E-state index in [1.165, 1.54) is 27.9 Å². The monoisotopic (exact) mass is 642 g/mol. The van der Waals surface area contributed by atoms with E-state index >= 15 is 0 Å². The normalized spacial score (nSPS) is 18.0. The van der Waals surface area contributed by atoms with Crippen molar-refractivity contribution in [2.75, 3.05) is 31.2 Å². The Bertz CT molecular complexity index is 1430. The average Bonchev–Trinajstić information content (AvgIpc) is 2.99. The zero-order chi connectivity index (χ0) is 27.5. The summed E-state index contributed by atoms with van der Waals surface area (Å²) >= 11 is 2.32. The van der Waals surface area contributed by atoms with Crippen LogP contribution < -0.4 is 14.4 Å². The quantitative estimate of drug-likeness (QED) is 0.143. The number of ether oxygens (including phenoxy) is 2. The number of rotatable bonds is 8. The highest BCUT2D eigenvalue weighted by Crippen LogP contribution is 2.50. The third-order valence-electron chi connectivity index (χ3n) is 7.98. The highest BCUT2D eigenvalue weighted by molar-refractivity contribution is 14.1. The molecule has 0 aliphatic carbocycles. The van der Waals surface area contributed by atoms with Crippen molar-refractivity contribution in [1.29, 1.82) is 0 Å². The Hall–Kier alpha value is -3.32. The molecule has 0 bridgehead atoms. The molecular weight excluding hydrogens is 607 g/mol. The van der Waals surface area contributed by atoms with Crippen LogP contribution >= 0.6 is 22.6 Å². The lowest BCUT2D eigenvalue weighted by Gasteiger charge is -2.43. The van der Waals surface area contributed by atoms with Gasteiger partial charge in [-0.25, -0.2) is 0 Å². The van der Waals surface area contributed by atoms with Gasteiger partial charge in [0.15, 0.2) is 11.5 Å². The lowest BCUT2D eigenvalue weighted by atomic mass is 9.76. The molecule has 2 aliphatic rings. The van der Waals surface area contributed by atoms with Gasteiger partial charge in [0.2, 0.25) is 0 Å². The number of halogens is 1. The van der Waals surface area contributed by atoms with Gasteiger partial charge in [0.1, 0.15) is 0 Å². The van der Waals surface area contributed by atoms with Gasteiger partial charge in [-0.15, -0.1) is 0 Å². The molecule has 4 aromatic carbocycles. The predicted molar refractivity (Wildman–Crippen MR) is 173 cm³/mol. The van der Waals surface area contributed by atoms with E-state index in [1.54, 1.807) is 0 Å². The van der Waals surface area contributed by atoms with Crippen LogP contribution in [-0.2, 0) is 0 Å². The molecule has 5 heteroatoms. The molecule has 2 unspecified atom stereocenters. The predicted octanol–water partition coefficient (Wildman–Crippen LogP) is 8.72. The summed E-state index contributed by atoms with van der Waals surface area (Å²) in [4.78, 5) is 7.68. The Morgan fingerprint density at radius 2 is 1.38 bits per heavy atom. The van der Waals surface area contributed by atoms with E-state index < -0.39 is 0 Å². The van der Waals surface area contributed by atoms with Gasteiger partial charge < -0.3 is 14.4 Å². The van der Waals surface area contributed by atoms with Crippen LogP contribution in [0.4, 0.5) is 11.4 Å². The van der Waals surface area contributed by atoms with Crippen LogP contribution in [-0.4, -0.2) is 32.5 Å². The molecule has 4 aromatic rings. The number of anilines is 1. The molecule has 0 radical (unpaired) electrons. The highest BCUT2D eigenvalue weighted by atomic mass is 127. The molecular formula is C35H35IN2O2. The van der Waals surface area contributed by atoms with Gasteiger partial charge in [0, 0.05) is 36.8 Å². The van der Waals surface area contributed by atoms with Crippen LogP contribution in [0.1, 0.15) is 66.3 Å². The summed E-state index contributed by atoms with van der Waals surface area (Å²) in [6.07, 6.45) is 4.20. The standard InChI is InChI=1S/C35H35IN2O2/c1-3-39-33-20-24(19-32(36)35(33)40-4-2)23-37-27-21-30-28(25-11-7-5-8-12-25)15-17-38-18-16-29(31(22-27)34(30)38)26-13-9-6-10-14-26/h5-14,19-23,28-29H,3-4,15-18H2,1-2H3. The average molecular weight is 643 g/mol. The van der Waals surface area contributed by atoms with E-state index in [0.717, 1.165) is 52.3 Å². The Balaban J connectivity index is 1.46. The first-order valence-corrected chi connectivity index (χ1v) is 15.4. The molecule has 0 spiro atoms. The Morgan fingerprint density at radius 3 is 1.93 bits per heavy atom. The van der Waals surface area contributed by atoms with E-state index in [9.17, 15) is 0 Å². The van der Waals surface area contributed by atoms with E-state index in [0.29, 0.717) is 25.0 Å². The summed E-state index contributed by atoms with van der Waals surface area (Å²) in [6, 6.07) is 30.8. The fourth-order valence-electron chi connectivity index (χ4n) is 6.27. The summed E-state index contributed by atoms with van der Waals surface area (Å²) < 4.78 is 12.8. The number of nitrogens with zero attached hydrogens (tertiary/aromatic N) is 2. The molecule has 0 aromatic heterocycles. The van der Waals surface area contributed by atoms with Crippen molar-refractivity contribution in [3.63, 3.8) is 0 Å². The first-order chi connectivity index (χ1) is 19.7. The maximum Gasteiger partial charge on any atom is 0.174 e. The highest BCUT2D eigenvalue weighted by Gasteiger charge is 2.35. The largest absolute Gasteiger partial charge is 0.490 e. The molecule has 2 heterocycles. The maximum atomic E-state index is 5.92. The van der Waals surface area contributed by atoms with Crippen LogP contribution in [0, 0.1) is 3.57 Å². The minimum absolute atomic E-state index is 0.367. The van der Waals surface area contributed by atoms with Crippen molar-refractivity contribution >= 4 is 40.2 Å². The summed E-state index contributed by atoms with van der Waals surface area (Å²) in [6.45, 7) is 7.36. The molecule has 0 N–H and O–H groups in total. The fraction of sp³-hybridized carbons (Fsp3) is 0.286. The number of aliphatic imine (C=N–C) groups is 1. The number of hydrogen-bond acceptors (Lipinski definition) is 4. The summed E-state index contributed by atoms with van der Waals surface area (Å²) in [7, 11) is 0. The van der Waals surface area contributed by atoms with Gasteiger partial charge in [0.05, 0.1) is 22.5 Å². The van der Waals surface area contributed by atoms with Crippen molar-refractivity contribution < 1.29 is 9.47 Å². The number of benzene rings is 4. The minimum atomic E-state index is 0.367. The van der Waals surface area contributed by atoms with Crippen LogP contribution in [0.3, 0.4) is 0 Å². The van der Waals surface area contributed by atoms with Gasteiger partial charge in [-0.3, -0.25) is 4.99 Å². The topological polar surface area (TPSA) is 34.1 Å². The lowest BCUT2D eigenvalue weighted by molar-refractivity contribution is 0.286. The second-order valence-electron chi connectivity index (χ2n) is 10.4. The van der Waals surface area contributed by atoms with Crippen LogP contribution in [0.25, 0.3) is 0 Å². The van der Waals surface area contributed by atoms with Gasteiger partial charge in [-0.2, -0.15) is 0 Å². The summed E-state index contributed by atoms with van der Waals surface area (Å²) in [5.74, 6) is 2.30. The maximum absolute atomic E-state index is 5.92. The van der Waals surface area contributed by atoms with Crippen molar-refractivity contribution in [3.8, 4) is 11.5 Å². The summed E-state index contributed by atoms with van der Waals surface area (Å²) in [5, 5.41) is 0. The van der Waals surface area contributed by atoms with Gasteiger partial charge in [-0.1, -0.05) is 60.7 Å². The van der Waals surface area contributed by atoms with Crippen LogP contribution in [0.15, 0.2) is 89.9 Å². The molecule has 0 saturated carbocycles. The Kier molecular flexibility index (Phi) is 8.10. The minimum Gasteiger partial charge on any atom is -0.490 e. The zero-order valence-corrected chi connectivity index (χ0v) is 25.3. The van der Waals surface area contributed by atoms with Gasteiger partial charge in [-0.05, 0) is 101 Å². The van der Waals surface area contributed by atoms with E-state index in [1.807, 2.05) is 26.1 Å². The number of hydrogen-bond donors (Lipinski definition) is 0. The van der Waals surface area contributed by atoms with Crippen LogP contribution in [0.2, 0.25) is 0 Å². The molecule has 4 nitrogen and oxygen atoms in total. The molecule has 204 valence electrons. The third kappa shape index (κ3) is 5.36. The molecule has 0 amide bonds. The first-order valence-electron chi connectivity index (χ1n) is 14.3. The van der Waals surface area contributed by atoms with Crippen molar-refractivity contribution in [2.45, 2.75) is 38.5 Å². The van der Waals surface area contributed by atoms with Crippen molar-refractivity contribution in [3.05, 3.63) is 116 Å². The van der Waals surface area contributed by atoms with Gasteiger partial charge >= 0.3 is 0 Å². The molecule has 0 saturated heterocycles. The first kappa shape index (κ1) is 26.9. The zero-order valence-electron chi connectivity index (χ0n) is 23.1. The smallest absolute Gasteiger partial charge is 0.174 e. The van der Waals surface area contributed by atoms with E-state index in [2.05, 4.69) is 106 Å². The lowest BCUT2D eigenvalue weighted by Crippen LogP contribution is -2.37.